The van der Waals surface area contributed by atoms with Gasteiger partial charge in [0.05, 0.1) is 32.5 Å². The zero-order chi connectivity index (χ0) is 43.9. The van der Waals surface area contributed by atoms with Crippen LogP contribution in [0.1, 0.15) is 20.8 Å². The van der Waals surface area contributed by atoms with Crippen LogP contribution in [0, 0.1) is 0 Å². The van der Waals surface area contributed by atoms with Gasteiger partial charge in [-0.3, -0.25) is 9.59 Å². The van der Waals surface area contributed by atoms with Crippen molar-refractivity contribution in [3.8, 4) is 0 Å². The quantitative estimate of drug-likeness (QED) is 0.113. The van der Waals surface area contributed by atoms with Gasteiger partial charge in [-0.2, -0.15) is 0 Å². The van der Waals surface area contributed by atoms with E-state index in [2.05, 4.69) is 10.6 Å². The number of carbonyl (C=O) groups is 2. The first-order valence-electron chi connectivity index (χ1n) is 19.4. The second kappa shape index (κ2) is 19.8. The summed E-state index contributed by atoms with van der Waals surface area (Å²) in [6.07, 6.45) is -40.9. The molecule has 0 radical (unpaired) electrons. The molecule has 7 rings (SSSR count). The Morgan fingerprint density at radius 2 is 1.03 bits per heavy atom. The fourth-order valence-corrected chi connectivity index (χ4v) is 8.06. The van der Waals surface area contributed by atoms with E-state index in [0.717, 1.165) is 13.8 Å². The largest absolute Gasteiger partial charge is 0.394 e. The van der Waals surface area contributed by atoms with Crippen LogP contribution in [0.25, 0.3) is 0 Å². The van der Waals surface area contributed by atoms with Crippen LogP contribution in [0.4, 0.5) is 0 Å². The Balaban J connectivity index is 1.44. The SMILES string of the molecule is CC(=O)N[C@H]1[C@@H]2OC[C@H]3O[C@@H](O[C@H]4[C@@H](O)[C@@H](CO)O[C@H](O[C@H]5[C@H](O)[C@@H](O)[C@H](O[C@H]1[C@@H](O)[C@@H](CO)O2)O[C@@H]5CO)[C@@H]4NC(C)=O)[C@H](O[C@@H]1O[C@@H](C)[C@@H](O)[C@@H](O)[C@@H]1O)[C@@H](O)[C@H]3O. The highest BCUT2D eigenvalue weighted by atomic mass is 16.8. The van der Waals surface area contributed by atoms with Crippen molar-refractivity contribution in [3.63, 3.8) is 0 Å². The van der Waals surface area contributed by atoms with Crippen molar-refractivity contribution < 1.29 is 118 Å². The molecule has 8 bridgehead atoms. The third-order valence-electron chi connectivity index (χ3n) is 11.3. The van der Waals surface area contributed by atoms with E-state index < -0.39 is 192 Å². The Labute approximate surface area is 341 Å². The van der Waals surface area contributed by atoms with E-state index in [1.54, 1.807) is 0 Å². The lowest BCUT2D eigenvalue weighted by Gasteiger charge is -2.51. The van der Waals surface area contributed by atoms with Crippen LogP contribution in [0.15, 0.2) is 0 Å². The molecule has 0 unspecified atom stereocenters. The molecule has 25 atom stereocenters. The molecule has 7 aliphatic heterocycles. The number of rotatable bonds is 7. The molecule has 0 saturated carbocycles. The molecular weight excluding hydrogens is 820 g/mol. The summed E-state index contributed by atoms with van der Waals surface area (Å²) in [6, 6.07) is -3.14. The lowest BCUT2D eigenvalue weighted by molar-refractivity contribution is -0.394. The first kappa shape index (κ1) is 47.5. The van der Waals surface area contributed by atoms with Gasteiger partial charge in [0.15, 0.2) is 31.5 Å². The number of aliphatic hydroxyl groups excluding tert-OH is 12. The monoisotopic (exact) mass is 876 g/mol. The lowest BCUT2D eigenvalue weighted by Crippen LogP contribution is -2.71. The first-order chi connectivity index (χ1) is 28.4. The van der Waals surface area contributed by atoms with Gasteiger partial charge in [0, 0.05) is 13.8 Å². The zero-order valence-corrected chi connectivity index (χ0v) is 32.5. The average molecular weight is 877 g/mol. The fraction of sp³-hybridized carbons (Fsp3) is 0.941. The summed E-state index contributed by atoms with van der Waals surface area (Å²) < 4.78 is 59.1. The number of aliphatic hydroxyl groups is 12. The van der Waals surface area contributed by atoms with E-state index in [-0.39, 0.29) is 0 Å². The van der Waals surface area contributed by atoms with Crippen molar-refractivity contribution in [2.75, 3.05) is 26.4 Å². The fourth-order valence-electron chi connectivity index (χ4n) is 8.06. The Morgan fingerprint density at radius 1 is 0.517 bits per heavy atom. The Morgan fingerprint density at radius 3 is 1.60 bits per heavy atom. The summed E-state index contributed by atoms with van der Waals surface area (Å²) in [7, 11) is 0. The van der Waals surface area contributed by atoms with Gasteiger partial charge >= 0.3 is 0 Å². The number of amides is 2. The highest BCUT2D eigenvalue weighted by Gasteiger charge is 2.58. The molecule has 2 amide bonds. The van der Waals surface area contributed by atoms with E-state index in [9.17, 15) is 70.9 Å². The Kier molecular flexibility index (Phi) is 15.7. The van der Waals surface area contributed by atoms with Crippen LogP contribution in [0.5, 0.6) is 0 Å². The smallest absolute Gasteiger partial charge is 0.217 e. The predicted molar refractivity (Wildman–Crippen MR) is 185 cm³/mol. The predicted octanol–water partition coefficient (Wildman–Crippen LogP) is -9.56. The van der Waals surface area contributed by atoms with E-state index in [1.807, 2.05) is 0 Å². The molecule has 14 N–H and O–H groups in total. The van der Waals surface area contributed by atoms with Gasteiger partial charge in [0.1, 0.15) is 116 Å². The number of nitrogens with one attached hydrogen (secondary N) is 2. The Bertz CT molecular complexity index is 1440. The minimum atomic E-state index is -2.06. The number of hydrogen-bond donors (Lipinski definition) is 14. The van der Waals surface area contributed by atoms with Gasteiger partial charge in [-0.1, -0.05) is 0 Å². The molecule has 7 saturated heterocycles. The first-order valence-corrected chi connectivity index (χ1v) is 19.4. The van der Waals surface area contributed by atoms with Gasteiger partial charge in [0.25, 0.3) is 0 Å². The third kappa shape index (κ3) is 9.60. The summed E-state index contributed by atoms with van der Waals surface area (Å²) in [5.41, 5.74) is 0. The van der Waals surface area contributed by atoms with Crippen molar-refractivity contribution in [1.29, 1.82) is 0 Å². The summed E-state index contributed by atoms with van der Waals surface area (Å²) in [5.74, 6) is -1.49. The second-order valence-corrected chi connectivity index (χ2v) is 15.5. The van der Waals surface area contributed by atoms with Crippen LogP contribution < -0.4 is 10.6 Å². The molecule has 0 aromatic heterocycles. The van der Waals surface area contributed by atoms with Crippen molar-refractivity contribution in [2.24, 2.45) is 0 Å². The van der Waals surface area contributed by atoms with Crippen molar-refractivity contribution in [1.82, 2.24) is 10.6 Å². The standard InChI is InChI=1S/C34H56N2O24/c1-8-17(42)21(46)24(49)32(52-8)60-29-22(47)18(43)14-7-51-30-15(35-9(2)40)27(19(44)11(4-37)53-30)58-33-25(50)23(48)26(13(6-39)55-33)57-31-16(36-10(3)41)28(59-34(29)56-14)20(45)12(5-38)54-31/h8,11-34,37-39,42-50H,4-7H2,1-3H3,(H,35,40)(H,36,41)/t8-,11+,12+,13+,14+,15+,16+,17+,18-,19-,20-,21+,22-,23+,24-,25+,26+,27+,28+,29+,30+,31+,32-,33-,34-/m0/s1. The normalized spacial score (nSPS) is 51.5. The summed E-state index contributed by atoms with van der Waals surface area (Å²) in [6.45, 7) is 0.0481. The van der Waals surface area contributed by atoms with E-state index >= 15 is 0 Å². The van der Waals surface area contributed by atoms with Crippen LogP contribution in [0.2, 0.25) is 0 Å². The number of ether oxygens (including phenoxy) is 10. The van der Waals surface area contributed by atoms with Gasteiger partial charge in [-0.05, 0) is 6.92 Å². The highest BCUT2D eigenvalue weighted by molar-refractivity contribution is 5.73. The van der Waals surface area contributed by atoms with E-state index in [4.69, 9.17) is 47.4 Å². The maximum Gasteiger partial charge on any atom is 0.217 e. The lowest BCUT2D eigenvalue weighted by atomic mass is 9.93. The number of carbonyl (C=O) groups excluding carboxylic acids is 2. The number of fused-ring (bicyclic) bond motifs is 3. The van der Waals surface area contributed by atoms with Crippen LogP contribution in [-0.4, -0.2) is 253 Å². The van der Waals surface area contributed by atoms with E-state index in [0.29, 0.717) is 0 Å². The van der Waals surface area contributed by atoms with E-state index in [1.165, 1.54) is 6.92 Å². The average Bonchev–Trinajstić information content (AvgIpc) is 3.20. The molecule has 7 heterocycles. The van der Waals surface area contributed by atoms with Gasteiger partial charge < -0.3 is 119 Å². The summed E-state index contributed by atoms with van der Waals surface area (Å²) in [5, 5.41) is 136. The molecule has 7 aliphatic rings. The molecule has 60 heavy (non-hydrogen) atoms. The maximum absolute atomic E-state index is 12.7. The second-order valence-electron chi connectivity index (χ2n) is 15.5. The zero-order valence-electron chi connectivity index (χ0n) is 32.5. The van der Waals surface area contributed by atoms with Crippen molar-refractivity contribution >= 4 is 11.8 Å². The Hall–Kier alpha value is -1.94. The molecule has 346 valence electrons. The highest BCUT2D eigenvalue weighted by Crippen LogP contribution is 2.37. The molecule has 0 aromatic carbocycles. The molecule has 26 heteroatoms. The maximum atomic E-state index is 12.7. The van der Waals surface area contributed by atoms with Crippen LogP contribution in [-0.2, 0) is 57.0 Å². The minimum Gasteiger partial charge on any atom is -0.394 e. The topological polar surface area (TPSA) is 393 Å². The van der Waals surface area contributed by atoms with Gasteiger partial charge in [0.2, 0.25) is 11.8 Å². The molecule has 26 nitrogen and oxygen atoms in total. The van der Waals surface area contributed by atoms with Gasteiger partial charge in [-0.25, -0.2) is 0 Å². The van der Waals surface area contributed by atoms with Crippen LogP contribution in [0.3, 0.4) is 0 Å². The molecule has 0 aliphatic carbocycles. The summed E-state index contributed by atoms with van der Waals surface area (Å²) >= 11 is 0. The molecule has 7 fully saturated rings. The summed E-state index contributed by atoms with van der Waals surface area (Å²) in [4.78, 5) is 25.1. The van der Waals surface area contributed by atoms with Crippen molar-refractivity contribution in [3.05, 3.63) is 0 Å². The molecule has 0 spiro atoms. The van der Waals surface area contributed by atoms with Crippen LogP contribution >= 0.6 is 0 Å². The van der Waals surface area contributed by atoms with Crippen molar-refractivity contribution in [2.45, 2.75) is 174 Å². The van der Waals surface area contributed by atoms with Gasteiger partial charge in [-0.15, -0.1) is 0 Å². The third-order valence-corrected chi connectivity index (χ3v) is 11.3. The molecule has 0 aromatic rings. The number of hydrogen-bond acceptors (Lipinski definition) is 24. The molecular formula is C34H56N2O24. The minimum absolute atomic E-state index is 0.716.